The Morgan fingerprint density at radius 2 is 2.00 bits per heavy atom. The molecule has 0 bridgehead atoms. The lowest BCUT2D eigenvalue weighted by Gasteiger charge is -2.13. The van der Waals surface area contributed by atoms with Gasteiger partial charge in [0.15, 0.2) is 0 Å². The number of amides is 1. The van der Waals surface area contributed by atoms with E-state index in [9.17, 15) is 4.79 Å². The van der Waals surface area contributed by atoms with E-state index in [1.165, 1.54) is 6.21 Å². The Balaban J connectivity index is 1.98. The maximum atomic E-state index is 12.9. The summed E-state index contributed by atoms with van der Waals surface area (Å²) in [5.41, 5.74) is 9.68. The van der Waals surface area contributed by atoms with E-state index in [4.69, 9.17) is 11.1 Å². The minimum absolute atomic E-state index is 0.133. The second kappa shape index (κ2) is 7.61. The molecular formula is C21H20N4O. The van der Waals surface area contributed by atoms with Gasteiger partial charge in [-0.15, -0.1) is 0 Å². The highest BCUT2D eigenvalue weighted by molar-refractivity contribution is 6.54. The molecule has 0 fully saturated rings. The van der Waals surface area contributed by atoms with Gasteiger partial charge >= 0.3 is 0 Å². The maximum absolute atomic E-state index is 12.9. The summed E-state index contributed by atoms with van der Waals surface area (Å²) < 4.78 is 0. The number of hydrogen-bond acceptors (Lipinski definition) is 4. The summed E-state index contributed by atoms with van der Waals surface area (Å²) in [7, 11) is 0. The molecule has 2 aromatic rings. The zero-order valence-corrected chi connectivity index (χ0v) is 14.5. The normalized spacial score (nSPS) is 15.3. The fourth-order valence-corrected chi connectivity index (χ4v) is 2.80. The van der Waals surface area contributed by atoms with Gasteiger partial charge in [0.1, 0.15) is 5.71 Å². The molecule has 130 valence electrons. The van der Waals surface area contributed by atoms with Crippen molar-refractivity contribution < 1.29 is 4.79 Å². The molecule has 0 aliphatic carbocycles. The van der Waals surface area contributed by atoms with Crippen LogP contribution in [0.5, 0.6) is 0 Å². The molecule has 0 radical (unpaired) electrons. The summed E-state index contributed by atoms with van der Waals surface area (Å²) in [5.74, 6) is -0.133. The standard InChI is InChI=1S/C21H20N4O/c1-2-3-4-7-12-25-19-9-6-5-8-17(19)20(21(25)26)24-16-11-10-15(14-22)18(23)13-16/h2-11,13-14,22H,12,23H2,1H3/b3-2-,7-4-,22-14?,24-20?. The van der Waals surface area contributed by atoms with Gasteiger partial charge in [0.05, 0.1) is 11.4 Å². The van der Waals surface area contributed by atoms with Crippen LogP contribution in [0.1, 0.15) is 18.1 Å². The molecular weight excluding hydrogens is 324 g/mol. The van der Waals surface area contributed by atoms with Gasteiger partial charge < -0.3 is 16.0 Å². The third-order valence-corrected chi connectivity index (χ3v) is 4.09. The number of anilines is 2. The molecule has 26 heavy (non-hydrogen) atoms. The minimum atomic E-state index is -0.133. The van der Waals surface area contributed by atoms with Crippen molar-refractivity contribution in [3.8, 4) is 0 Å². The highest BCUT2D eigenvalue weighted by Crippen LogP contribution is 2.31. The van der Waals surface area contributed by atoms with Gasteiger partial charge in [0.2, 0.25) is 0 Å². The number of nitrogens with two attached hydrogens (primary N) is 1. The number of hydrogen-bond donors (Lipinski definition) is 2. The third-order valence-electron chi connectivity index (χ3n) is 4.09. The van der Waals surface area contributed by atoms with Gasteiger partial charge in [0.25, 0.3) is 5.91 Å². The Kier molecular flexibility index (Phi) is 5.08. The summed E-state index contributed by atoms with van der Waals surface area (Å²) in [6.07, 6.45) is 8.91. The first-order valence-electron chi connectivity index (χ1n) is 8.33. The predicted molar refractivity (Wildman–Crippen MR) is 108 cm³/mol. The van der Waals surface area contributed by atoms with Crippen molar-refractivity contribution in [2.75, 3.05) is 17.2 Å². The predicted octanol–water partition coefficient (Wildman–Crippen LogP) is 3.87. The van der Waals surface area contributed by atoms with E-state index in [1.54, 1.807) is 23.1 Å². The summed E-state index contributed by atoms with van der Waals surface area (Å²) in [5, 5.41) is 7.32. The third kappa shape index (κ3) is 3.32. The molecule has 5 nitrogen and oxygen atoms in total. The summed E-state index contributed by atoms with van der Waals surface area (Å²) in [6, 6.07) is 12.8. The van der Waals surface area contributed by atoms with Crippen LogP contribution < -0.4 is 10.6 Å². The topological polar surface area (TPSA) is 82.5 Å². The molecule has 3 rings (SSSR count). The van der Waals surface area contributed by atoms with E-state index >= 15 is 0 Å². The SMILES string of the molecule is C/C=C\C=C/CN1C(=O)C(=Nc2ccc(C=N)c(N)c2)c2ccccc21. The van der Waals surface area contributed by atoms with E-state index in [0.29, 0.717) is 29.2 Å². The van der Waals surface area contributed by atoms with Gasteiger partial charge in [-0.1, -0.05) is 42.5 Å². The van der Waals surface area contributed by atoms with Gasteiger partial charge in [-0.25, -0.2) is 4.99 Å². The Labute approximate surface area is 152 Å². The number of nitrogens with one attached hydrogen (secondary N) is 1. The van der Waals surface area contributed by atoms with Crippen molar-refractivity contribution in [2.24, 2.45) is 4.99 Å². The van der Waals surface area contributed by atoms with Crippen LogP contribution in [0.25, 0.3) is 0 Å². The lowest BCUT2D eigenvalue weighted by molar-refractivity contribution is -0.112. The molecule has 0 atom stereocenters. The van der Waals surface area contributed by atoms with E-state index < -0.39 is 0 Å². The number of allylic oxidation sites excluding steroid dienone is 3. The number of benzene rings is 2. The van der Waals surface area contributed by atoms with Gasteiger partial charge in [-0.3, -0.25) is 4.79 Å². The van der Waals surface area contributed by atoms with Crippen molar-refractivity contribution >= 4 is 34.9 Å². The van der Waals surface area contributed by atoms with Crippen molar-refractivity contribution in [3.05, 3.63) is 77.9 Å². The number of nitrogen functional groups attached to an aromatic ring is 1. The molecule has 0 saturated carbocycles. The first kappa shape index (κ1) is 17.4. The summed E-state index contributed by atoms with van der Waals surface area (Å²) in [6.45, 7) is 2.43. The number of carbonyl (C=O) groups excluding carboxylic acids is 1. The van der Waals surface area contributed by atoms with Crippen LogP contribution >= 0.6 is 0 Å². The van der Waals surface area contributed by atoms with Gasteiger partial charge in [0, 0.05) is 29.6 Å². The Morgan fingerprint density at radius 1 is 1.19 bits per heavy atom. The first-order valence-corrected chi connectivity index (χ1v) is 8.33. The molecule has 1 aliphatic rings. The molecule has 1 amide bonds. The van der Waals surface area contributed by atoms with Crippen molar-refractivity contribution in [1.82, 2.24) is 0 Å². The van der Waals surface area contributed by atoms with E-state index in [2.05, 4.69) is 4.99 Å². The van der Waals surface area contributed by atoms with Crippen LogP contribution in [0.2, 0.25) is 0 Å². The lowest BCUT2D eigenvalue weighted by atomic mass is 10.1. The number of rotatable bonds is 5. The number of carbonyl (C=O) groups is 1. The molecule has 3 N–H and O–H groups in total. The van der Waals surface area contributed by atoms with Crippen LogP contribution in [0.3, 0.4) is 0 Å². The molecule has 1 aliphatic heterocycles. The zero-order chi connectivity index (χ0) is 18.5. The minimum Gasteiger partial charge on any atom is -0.398 e. The molecule has 0 saturated heterocycles. The molecule has 1 heterocycles. The molecule has 2 aromatic carbocycles. The molecule has 0 aromatic heterocycles. The highest BCUT2D eigenvalue weighted by atomic mass is 16.2. The average molecular weight is 344 g/mol. The average Bonchev–Trinajstić information content (AvgIpc) is 2.91. The highest BCUT2D eigenvalue weighted by Gasteiger charge is 2.32. The van der Waals surface area contributed by atoms with E-state index in [0.717, 1.165) is 11.3 Å². The number of nitrogens with zero attached hydrogens (tertiary/aromatic N) is 2. The van der Waals surface area contributed by atoms with Crippen molar-refractivity contribution in [3.63, 3.8) is 0 Å². The van der Waals surface area contributed by atoms with Crippen molar-refractivity contribution in [2.45, 2.75) is 6.92 Å². The van der Waals surface area contributed by atoms with Crippen LogP contribution in [0.4, 0.5) is 17.1 Å². The van der Waals surface area contributed by atoms with Gasteiger partial charge in [-0.2, -0.15) is 0 Å². The monoisotopic (exact) mass is 344 g/mol. The Bertz CT molecular complexity index is 941. The Morgan fingerprint density at radius 3 is 2.73 bits per heavy atom. The first-order chi connectivity index (χ1) is 12.7. The van der Waals surface area contributed by atoms with Crippen LogP contribution in [0, 0.1) is 5.41 Å². The number of aliphatic imine (C=N–C) groups is 1. The largest absolute Gasteiger partial charge is 0.398 e. The quantitative estimate of drug-likeness (QED) is 0.490. The molecule has 5 heteroatoms. The smallest absolute Gasteiger partial charge is 0.277 e. The molecule has 0 spiro atoms. The second-order valence-corrected chi connectivity index (χ2v) is 5.80. The lowest BCUT2D eigenvalue weighted by Crippen LogP contribution is -2.30. The summed E-state index contributed by atoms with van der Waals surface area (Å²) in [4.78, 5) is 19.2. The zero-order valence-electron chi connectivity index (χ0n) is 14.5. The maximum Gasteiger partial charge on any atom is 0.277 e. The van der Waals surface area contributed by atoms with E-state index in [1.807, 2.05) is 55.5 Å². The summed E-state index contributed by atoms with van der Waals surface area (Å²) >= 11 is 0. The van der Waals surface area contributed by atoms with Crippen LogP contribution in [-0.2, 0) is 4.79 Å². The van der Waals surface area contributed by atoms with Gasteiger partial charge in [-0.05, 0) is 31.2 Å². The fourth-order valence-electron chi connectivity index (χ4n) is 2.80. The second-order valence-electron chi connectivity index (χ2n) is 5.80. The van der Waals surface area contributed by atoms with Crippen molar-refractivity contribution in [1.29, 1.82) is 5.41 Å². The van der Waals surface area contributed by atoms with E-state index in [-0.39, 0.29) is 5.91 Å². The fraction of sp³-hybridized carbons (Fsp3) is 0.0952. The van der Waals surface area contributed by atoms with Crippen LogP contribution in [0.15, 0.2) is 71.8 Å². The molecule has 0 unspecified atom stereocenters. The number of para-hydroxylation sites is 1. The Hall–Kier alpha value is -3.47. The number of fused-ring (bicyclic) bond motifs is 1. The van der Waals surface area contributed by atoms with Crippen LogP contribution in [-0.4, -0.2) is 24.4 Å².